The van der Waals surface area contributed by atoms with Crippen LogP contribution in [0.15, 0.2) is 21.6 Å². The summed E-state index contributed by atoms with van der Waals surface area (Å²) in [5.74, 6) is -1.17. The molecule has 0 bridgehead atoms. The number of hydrogen-bond acceptors (Lipinski definition) is 6. The van der Waals surface area contributed by atoms with Crippen LogP contribution in [0.4, 0.5) is 4.79 Å². The Morgan fingerprint density at radius 2 is 1.83 bits per heavy atom. The molecule has 11 heteroatoms. The minimum atomic E-state index is -3.82. The van der Waals surface area contributed by atoms with Crippen LogP contribution in [0.3, 0.4) is 0 Å². The van der Waals surface area contributed by atoms with E-state index in [9.17, 15) is 22.8 Å². The Labute approximate surface area is 175 Å². The standard InChI is InChI=1S/C19H26N4O6S/c1-13-7-9-19(10-8-13)17(25)23(18(26)20-19)21-16(24)14-5-6-15(29-14)30(27,28)22-11-3-2-4-12-22/h5-6,13H,2-4,7-12H2,1H3,(H,20,26)(H,21,24). The summed E-state index contributed by atoms with van der Waals surface area (Å²) < 4.78 is 32.0. The second-order valence-electron chi connectivity index (χ2n) is 8.36. The van der Waals surface area contributed by atoms with Crippen LogP contribution in [0.5, 0.6) is 0 Å². The third kappa shape index (κ3) is 3.60. The summed E-state index contributed by atoms with van der Waals surface area (Å²) in [6.45, 7) is 2.92. The van der Waals surface area contributed by atoms with Gasteiger partial charge in [-0.1, -0.05) is 13.3 Å². The van der Waals surface area contributed by atoms with Crippen molar-refractivity contribution in [2.75, 3.05) is 13.1 Å². The van der Waals surface area contributed by atoms with E-state index in [-0.39, 0.29) is 10.9 Å². The molecule has 164 valence electrons. The summed E-state index contributed by atoms with van der Waals surface area (Å²) in [4.78, 5) is 37.7. The van der Waals surface area contributed by atoms with Gasteiger partial charge in [-0.2, -0.15) is 9.31 Å². The molecule has 1 aliphatic carbocycles. The second-order valence-corrected chi connectivity index (χ2v) is 10.2. The SMILES string of the molecule is CC1CCC2(CC1)NC(=O)N(NC(=O)c1ccc(S(=O)(=O)N3CCCCC3)o1)C2=O. The van der Waals surface area contributed by atoms with Crippen LogP contribution < -0.4 is 10.7 Å². The second kappa shape index (κ2) is 7.69. The minimum Gasteiger partial charge on any atom is -0.438 e. The lowest BCUT2D eigenvalue weighted by molar-refractivity contribution is -0.134. The average Bonchev–Trinajstić information content (AvgIpc) is 3.32. The quantitative estimate of drug-likeness (QED) is 0.687. The van der Waals surface area contributed by atoms with Crippen molar-refractivity contribution in [1.29, 1.82) is 0 Å². The Bertz CT molecular complexity index is 957. The topological polar surface area (TPSA) is 129 Å². The first-order valence-corrected chi connectivity index (χ1v) is 11.7. The molecule has 1 saturated carbocycles. The fourth-order valence-corrected chi connectivity index (χ4v) is 5.71. The number of imide groups is 1. The van der Waals surface area contributed by atoms with E-state index >= 15 is 0 Å². The zero-order valence-corrected chi connectivity index (χ0v) is 17.7. The first-order chi connectivity index (χ1) is 14.2. The predicted octanol–water partition coefficient (Wildman–Crippen LogP) is 1.60. The Kier molecular flexibility index (Phi) is 5.35. The predicted molar refractivity (Wildman–Crippen MR) is 105 cm³/mol. The van der Waals surface area contributed by atoms with Crippen molar-refractivity contribution < 1.29 is 27.2 Å². The molecule has 2 saturated heterocycles. The lowest BCUT2D eigenvalue weighted by Gasteiger charge is -2.33. The Hall–Kier alpha value is -2.40. The highest BCUT2D eigenvalue weighted by Crippen LogP contribution is 2.35. The van der Waals surface area contributed by atoms with Crippen LogP contribution >= 0.6 is 0 Å². The van der Waals surface area contributed by atoms with Crippen molar-refractivity contribution in [3.63, 3.8) is 0 Å². The largest absolute Gasteiger partial charge is 0.438 e. The number of nitrogens with one attached hydrogen (secondary N) is 2. The molecule has 4 rings (SSSR count). The molecule has 0 aromatic carbocycles. The van der Waals surface area contributed by atoms with Crippen molar-refractivity contribution in [2.45, 2.75) is 62.5 Å². The van der Waals surface area contributed by atoms with E-state index in [1.807, 2.05) is 0 Å². The molecule has 2 aliphatic heterocycles. The van der Waals surface area contributed by atoms with E-state index in [0.717, 1.165) is 32.1 Å². The number of amides is 4. The van der Waals surface area contributed by atoms with Crippen molar-refractivity contribution in [3.05, 3.63) is 17.9 Å². The number of piperidine rings is 1. The van der Waals surface area contributed by atoms with Gasteiger partial charge in [0.1, 0.15) is 5.54 Å². The molecule has 1 aromatic rings. The summed E-state index contributed by atoms with van der Waals surface area (Å²) >= 11 is 0. The van der Waals surface area contributed by atoms with E-state index in [1.165, 1.54) is 16.4 Å². The normalized spacial score (nSPS) is 28.0. The highest BCUT2D eigenvalue weighted by atomic mass is 32.2. The molecule has 10 nitrogen and oxygen atoms in total. The number of hydrogen-bond donors (Lipinski definition) is 2. The molecule has 3 heterocycles. The van der Waals surface area contributed by atoms with Gasteiger partial charge >= 0.3 is 11.9 Å². The molecule has 4 amide bonds. The zero-order chi connectivity index (χ0) is 21.5. The van der Waals surface area contributed by atoms with Gasteiger partial charge in [0.05, 0.1) is 0 Å². The molecule has 1 aromatic heterocycles. The highest BCUT2D eigenvalue weighted by Gasteiger charge is 2.53. The van der Waals surface area contributed by atoms with Gasteiger partial charge in [0, 0.05) is 13.1 Å². The fraction of sp³-hybridized carbons (Fsp3) is 0.632. The molecule has 3 fully saturated rings. The summed E-state index contributed by atoms with van der Waals surface area (Å²) in [5, 5.41) is 3.05. The zero-order valence-electron chi connectivity index (χ0n) is 16.8. The van der Waals surface area contributed by atoms with E-state index in [4.69, 9.17) is 4.42 Å². The number of urea groups is 1. The van der Waals surface area contributed by atoms with Crippen LogP contribution in [-0.2, 0) is 14.8 Å². The summed E-state index contributed by atoms with van der Waals surface area (Å²) in [7, 11) is -3.82. The maximum absolute atomic E-state index is 12.8. The van der Waals surface area contributed by atoms with Gasteiger partial charge in [0.25, 0.3) is 15.9 Å². The van der Waals surface area contributed by atoms with E-state index in [1.54, 1.807) is 0 Å². The molecule has 0 atom stereocenters. The van der Waals surface area contributed by atoms with Crippen molar-refractivity contribution in [2.24, 2.45) is 5.92 Å². The number of rotatable bonds is 4. The molecular weight excluding hydrogens is 412 g/mol. The summed E-state index contributed by atoms with van der Waals surface area (Å²) in [5.41, 5.74) is 1.27. The Morgan fingerprint density at radius 1 is 1.17 bits per heavy atom. The lowest BCUT2D eigenvalue weighted by Crippen LogP contribution is -2.51. The molecule has 1 spiro atoms. The number of carbonyl (C=O) groups excluding carboxylic acids is 3. The van der Waals surface area contributed by atoms with E-state index in [2.05, 4.69) is 17.7 Å². The van der Waals surface area contributed by atoms with Crippen molar-refractivity contribution in [1.82, 2.24) is 20.1 Å². The minimum absolute atomic E-state index is 0.288. The van der Waals surface area contributed by atoms with E-state index < -0.39 is 33.4 Å². The first-order valence-electron chi connectivity index (χ1n) is 10.3. The maximum atomic E-state index is 12.8. The molecule has 3 aliphatic rings. The Balaban J connectivity index is 1.46. The molecular formula is C19H26N4O6S. The fourth-order valence-electron chi connectivity index (χ4n) is 4.29. The lowest BCUT2D eigenvalue weighted by atomic mass is 9.77. The number of carbonyl (C=O) groups is 3. The van der Waals surface area contributed by atoms with Crippen molar-refractivity contribution in [3.8, 4) is 0 Å². The van der Waals surface area contributed by atoms with Gasteiger partial charge in [-0.05, 0) is 56.6 Å². The van der Waals surface area contributed by atoms with Gasteiger partial charge < -0.3 is 9.73 Å². The van der Waals surface area contributed by atoms with Gasteiger partial charge in [0.15, 0.2) is 5.76 Å². The summed E-state index contributed by atoms with van der Waals surface area (Å²) in [6, 6.07) is 1.74. The van der Waals surface area contributed by atoms with Crippen molar-refractivity contribution >= 4 is 27.9 Å². The third-order valence-corrected chi connectivity index (χ3v) is 7.99. The van der Waals surface area contributed by atoms with E-state index in [0.29, 0.717) is 36.9 Å². The smallest absolute Gasteiger partial charge is 0.344 e. The number of hydrazine groups is 1. The number of nitrogens with zero attached hydrogens (tertiary/aromatic N) is 2. The summed E-state index contributed by atoms with van der Waals surface area (Å²) in [6.07, 6.45) is 5.19. The first kappa shape index (κ1) is 20.9. The van der Waals surface area contributed by atoms with Crippen LogP contribution in [-0.4, -0.2) is 54.2 Å². The monoisotopic (exact) mass is 438 g/mol. The average molecular weight is 439 g/mol. The molecule has 0 unspecified atom stereocenters. The molecule has 2 N–H and O–H groups in total. The molecule has 30 heavy (non-hydrogen) atoms. The number of sulfonamides is 1. The van der Waals surface area contributed by atoms with Crippen LogP contribution in [0, 0.1) is 5.92 Å². The van der Waals surface area contributed by atoms with Gasteiger partial charge in [-0.15, -0.1) is 0 Å². The third-order valence-electron chi connectivity index (χ3n) is 6.22. The van der Waals surface area contributed by atoms with Crippen LogP contribution in [0.25, 0.3) is 0 Å². The number of furan rings is 1. The van der Waals surface area contributed by atoms with Gasteiger partial charge in [-0.25, -0.2) is 18.6 Å². The van der Waals surface area contributed by atoms with Crippen LogP contribution in [0.1, 0.15) is 62.4 Å². The maximum Gasteiger partial charge on any atom is 0.344 e. The van der Waals surface area contributed by atoms with Gasteiger partial charge in [0.2, 0.25) is 5.09 Å². The Morgan fingerprint density at radius 3 is 2.50 bits per heavy atom. The highest BCUT2D eigenvalue weighted by molar-refractivity contribution is 7.89. The molecule has 0 radical (unpaired) electrons. The van der Waals surface area contributed by atoms with Crippen LogP contribution in [0.2, 0.25) is 0 Å². The van der Waals surface area contributed by atoms with Gasteiger partial charge in [-0.3, -0.25) is 9.59 Å².